The fourth-order valence-electron chi connectivity index (χ4n) is 1.38. The van der Waals surface area contributed by atoms with E-state index in [1.165, 1.54) is 17.5 Å². The van der Waals surface area contributed by atoms with Gasteiger partial charge in [0.15, 0.2) is 0 Å². The molecule has 0 radical (unpaired) electrons. The Kier molecular flexibility index (Phi) is 4.17. The number of hydrogen-bond acceptors (Lipinski definition) is 3. The van der Waals surface area contributed by atoms with Crippen LogP contribution in [-0.2, 0) is 6.42 Å². The molecule has 0 saturated heterocycles. The Morgan fingerprint density at radius 1 is 1.50 bits per heavy atom. The first kappa shape index (κ1) is 11.3. The van der Waals surface area contributed by atoms with E-state index in [1.807, 2.05) is 6.07 Å². The molecular weight excluding hydrogens is 192 g/mol. The maximum absolute atomic E-state index is 5.55. The monoisotopic (exact) mass is 208 g/mol. The van der Waals surface area contributed by atoms with Gasteiger partial charge >= 0.3 is 0 Å². The van der Waals surface area contributed by atoms with Crippen LogP contribution in [0.15, 0.2) is 28.1 Å². The van der Waals surface area contributed by atoms with Crippen molar-refractivity contribution in [3.8, 4) is 0 Å². The molecule has 0 fully saturated rings. The summed E-state index contributed by atoms with van der Waals surface area (Å²) in [4.78, 5) is 4.91. The molecule has 1 rings (SSSR count). The highest BCUT2D eigenvalue weighted by molar-refractivity contribution is 7.97. The number of benzene rings is 1. The Labute approximate surface area is 89.7 Å². The van der Waals surface area contributed by atoms with Crippen LogP contribution >= 0.6 is 11.9 Å². The number of nitrogens with two attached hydrogens (primary N) is 1. The zero-order valence-corrected chi connectivity index (χ0v) is 9.47. The van der Waals surface area contributed by atoms with E-state index in [1.54, 1.807) is 0 Å². The van der Waals surface area contributed by atoms with Gasteiger partial charge in [-0.15, -0.1) is 0 Å². The molecule has 0 atom stereocenters. The lowest BCUT2D eigenvalue weighted by molar-refractivity contribution is 0.646. The first-order valence-corrected chi connectivity index (χ1v) is 5.51. The summed E-state index contributed by atoms with van der Waals surface area (Å²) in [7, 11) is 0. The van der Waals surface area contributed by atoms with Gasteiger partial charge in [-0.3, -0.25) is 10.1 Å². The van der Waals surface area contributed by atoms with E-state index in [9.17, 15) is 0 Å². The van der Waals surface area contributed by atoms with Gasteiger partial charge in [0.2, 0.25) is 0 Å². The minimum absolute atomic E-state index is 0.660. The van der Waals surface area contributed by atoms with Gasteiger partial charge < -0.3 is 0 Å². The standard InChI is InChI=1S/C11H16N2S/c1-8(2)6-9-4-5-10(13-3)11(7-9)14-12/h4-5,7-8H,3,6,12H2,1-2H3. The fraction of sp³-hybridized carbons (Fsp3) is 0.364. The molecule has 14 heavy (non-hydrogen) atoms. The predicted octanol–water partition coefficient (Wildman–Crippen LogP) is 3.18. The summed E-state index contributed by atoms with van der Waals surface area (Å²) in [5.74, 6) is 0.660. The minimum Gasteiger partial charge on any atom is -0.274 e. The summed E-state index contributed by atoms with van der Waals surface area (Å²) in [6.07, 6.45) is 1.07. The van der Waals surface area contributed by atoms with Gasteiger partial charge in [0.05, 0.1) is 5.69 Å². The van der Waals surface area contributed by atoms with Gasteiger partial charge in [-0.25, -0.2) is 0 Å². The highest BCUT2D eigenvalue weighted by atomic mass is 32.2. The molecule has 0 aromatic heterocycles. The lowest BCUT2D eigenvalue weighted by Gasteiger charge is -2.08. The highest BCUT2D eigenvalue weighted by Gasteiger charge is 2.03. The van der Waals surface area contributed by atoms with Gasteiger partial charge in [-0.1, -0.05) is 19.9 Å². The first-order chi connectivity index (χ1) is 6.67. The summed E-state index contributed by atoms with van der Waals surface area (Å²) in [5, 5.41) is 5.55. The maximum atomic E-state index is 5.55. The highest BCUT2D eigenvalue weighted by Crippen LogP contribution is 2.27. The van der Waals surface area contributed by atoms with Crippen LogP contribution in [0.3, 0.4) is 0 Å². The lowest BCUT2D eigenvalue weighted by atomic mass is 10.0. The second-order valence-electron chi connectivity index (χ2n) is 3.68. The Hall–Kier alpha value is -0.800. The van der Waals surface area contributed by atoms with Crippen molar-refractivity contribution in [1.29, 1.82) is 0 Å². The molecule has 76 valence electrons. The minimum atomic E-state index is 0.660. The Morgan fingerprint density at radius 3 is 2.71 bits per heavy atom. The fourth-order valence-corrected chi connectivity index (χ4v) is 1.85. The molecule has 0 heterocycles. The van der Waals surface area contributed by atoms with Crippen molar-refractivity contribution < 1.29 is 0 Å². The molecule has 0 amide bonds. The van der Waals surface area contributed by atoms with Crippen LogP contribution in [0.25, 0.3) is 0 Å². The second kappa shape index (κ2) is 5.17. The largest absolute Gasteiger partial charge is 0.274 e. The van der Waals surface area contributed by atoms with Crippen molar-refractivity contribution in [3.63, 3.8) is 0 Å². The van der Waals surface area contributed by atoms with Gasteiger partial charge in [0, 0.05) is 4.90 Å². The molecule has 0 unspecified atom stereocenters. The topological polar surface area (TPSA) is 38.4 Å². The van der Waals surface area contributed by atoms with Crippen LogP contribution < -0.4 is 5.14 Å². The number of hydrogen-bond donors (Lipinski definition) is 1. The summed E-state index contributed by atoms with van der Waals surface area (Å²) >= 11 is 1.23. The van der Waals surface area contributed by atoms with E-state index in [2.05, 4.69) is 37.7 Å². The molecule has 0 bridgehead atoms. The lowest BCUT2D eigenvalue weighted by Crippen LogP contribution is -1.94. The van der Waals surface area contributed by atoms with Crippen molar-refractivity contribution in [2.75, 3.05) is 0 Å². The van der Waals surface area contributed by atoms with Crippen LogP contribution in [0.1, 0.15) is 19.4 Å². The third kappa shape index (κ3) is 2.86. The van der Waals surface area contributed by atoms with Gasteiger partial charge in [0.25, 0.3) is 0 Å². The molecular formula is C11H16N2S. The molecule has 0 aliphatic heterocycles. The molecule has 1 aromatic carbocycles. The number of nitrogens with zero attached hydrogens (tertiary/aromatic N) is 1. The van der Waals surface area contributed by atoms with Gasteiger partial charge in [0.1, 0.15) is 0 Å². The maximum Gasteiger partial charge on any atom is 0.0771 e. The average molecular weight is 208 g/mol. The molecule has 3 heteroatoms. The molecule has 0 spiro atoms. The van der Waals surface area contributed by atoms with E-state index in [4.69, 9.17) is 5.14 Å². The van der Waals surface area contributed by atoms with Crippen molar-refractivity contribution >= 4 is 24.4 Å². The van der Waals surface area contributed by atoms with E-state index in [-0.39, 0.29) is 0 Å². The molecule has 0 aliphatic carbocycles. The molecule has 0 saturated carbocycles. The van der Waals surface area contributed by atoms with Crippen molar-refractivity contribution in [1.82, 2.24) is 0 Å². The van der Waals surface area contributed by atoms with Gasteiger partial charge in [-0.05, 0) is 48.7 Å². The van der Waals surface area contributed by atoms with Crippen LogP contribution in [0, 0.1) is 5.92 Å². The van der Waals surface area contributed by atoms with Crippen LogP contribution in [0.5, 0.6) is 0 Å². The third-order valence-corrected chi connectivity index (χ3v) is 2.55. The first-order valence-electron chi connectivity index (χ1n) is 4.63. The second-order valence-corrected chi connectivity index (χ2v) is 4.35. The van der Waals surface area contributed by atoms with Gasteiger partial charge in [-0.2, -0.15) is 0 Å². The Balaban J connectivity index is 2.95. The molecule has 0 aliphatic rings. The molecule has 2 nitrogen and oxygen atoms in total. The quantitative estimate of drug-likeness (QED) is 0.609. The Bertz CT molecular complexity index is 321. The SMILES string of the molecule is C=Nc1ccc(CC(C)C)cc1SN. The van der Waals surface area contributed by atoms with E-state index >= 15 is 0 Å². The molecule has 1 aromatic rings. The zero-order valence-electron chi connectivity index (χ0n) is 8.66. The smallest absolute Gasteiger partial charge is 0.0771 e. The Morgan fingerprint density at radius 2 is 2.21 bits per heavy atom. The zero-order chi connectivity index (χ0) is 10.6. The third-order valence-electron chi connectivity index (χ3n) is 1.97. The van der Waals surface area contributed by atoms with E-state index < -0.39 is 0 Å². The van der Waals surface area contributed by atoms with Crippen LogP contribution in [-0.4, -0.2) is 6.72 Å². The van der Waals surface area contributed by atoms with Crippen molar-refractivity contribution in [2.24, 2.45) is 16.0 Å². The van der Waals surface area contributed by atoms with Crippen molar-refractivity contribution in [3.05, 3.63) is 23.8 Å². The number of rotatable bonds is 4. The summed E-state index contributed by atoms with van der Waals surface area (Å²) in [5.41, 5.74) is 2.17. The number of aliphatic imine (C=N–C) groups is 1. The summed E-state index contributed by atoms with van der Waals surface area (Å²) in [6.45, 7) is 7.92. The van der Waals surface area contributed by atoms with Crippen LogP contribution in [0.2, 0.25) is 0 Å². The summed E-state index contributed by atoms with van der Waals surface area (Å²) < 4.78 is 0. The van der Waals surface area contributed by atoms with E-state index in [0.29, 0.717) is 5.92 Å². The van der Waals surface area contributed by atoms with Crippen molar-refractivity contribution in [2.45, 2.75) is 25.2 Å². The summed E-state index contributed by atoms with van der Waals surface area (Å²) in [6, 6.07) is 6.15. The van der Waals surface area contributed by atoms with Crippen LogP contribution in [0.4, 0.5) is 5.69 Å². The van der Waals surface area contributed by atoms with E-state index in [0.717, 1.165) is 17.0 Å². The normalized spacial score (nSPS) is 10.6. The average Bonchev–Trinajstić information content (AvgIpc) is 2.16. The molecule has 2 N–H and O–H groups in total. The predicted molar refractivity (Wildman–Crippen MR) is 64.2 cm³/mol.